The highest BCUT2D eigenvalue weighted by molar-refractivity contribution is 5.84. The minimum atomic E-state index is -0.605. The molecule has 188 valence electrons. The van der Waals surface area contributed by atoms with E-state index < -0.39 is 11.9 Å². The topological polar surface area (TPSA) is 145 Å². The number of halogens is 1. The lowest BCUT2D eigenvalue weighted by atomic mass is 10.1. The molecule has 0 saturated heterocycles. The average molecular weight is 504 g/mol. The molecule has 2 aromatic carbocycles. The van der Waals surface area contributed by atoms with Crippen molar-refractivity contribution in [3.63, 3.8) is 0 Å². The third kappa shape index (κ3) is 4.09. The highest BCUT2D eigenvalue weighted by Crippen LogP contribution is 2.31. The van der Waals surface area contributed by atoms with Gasteiger partial charge >= 0.3 is 0 Å². The fourth-order valence-corrected chi connectivity index (χ4v) is 4.32. The molecule has 0 radical (unpaired) electrons. The predicted molar refractivity (Wildman–Crippen MR) is 131 cm³/mol. The smallest absolute Gasteiger partial charge is 0.276 e. The zero-order chi connectivity index (χ0) is 25.4. The molecule has 0 unspecified atom stereocenters. The van der Waals surface area contributed by atoms with E-state index in [0.717, 1.165) is 5.56 Å². The van der Waals surface area contributed by atoms with E-state index in [1.54, 1.807) is 10.7 Å². The average Bonchev–Trinajstić information content (AvgIpc) is 3.57. The van der Waals surface area contributed by atoms with Crippen molar-refractivity contribution in [1.29, 1.82) is 0 Å². The molecule has 6 rings (SSSR count). The van der Waals surface area contributed by atoms with E-state index >= 15 is 4.39 Å². The van der Waals surface area contributed by atoms with Crippen LogP contribution in [0.4, 0.5) is 21.8 Å². The third-order valence-corrected chi connectivity index (χ3v) is 6.11. The molecular weight excluding hydrogens is 483 g/mol. The van der Waals surface area contributed by atoms with Gasteiger partial charge in [-0.3, -0.25) is 9.48 Å². The van der Waals surface area contributed by atoms with Crippen LogP contribution in [-0.4, -0.2) is 47.8 Å². The van der Waals surface area contributed by atoms with E-state index in [4.69, 9.17) is 9.15 Å². The number of ether oxygens (including phenoxy) is 1. The maximum atomic E-state index is 15.6. The molecule has 5 aromatic rings. The van der Waals surface area contributed by atoms with Gasteiger partial charge in [0, 0.05) is 6.20 Å². The monoisotopic (exact) mass is 504 g/mol. The summed E-state index contributed by atoms with van der Waals surface area (Å²) in [5.41, 5.74) is 1.20. The number of anilines is 3. The van der Waals surface area contributed by atoms with Gasteiger partial charge in [-0.15, -0.1) is 10.2 Å². The second kappa shape index (κ2) is 9.44. The van der Waals surface area contributed by atoms with Crippen LogP contribution in [0.15, 0.2) is 64.3 Å². The van der Waals surface area contributed by atoms with Crippen molar-refractivity contribution in [3.8, 4) is 11.5 Å². The van der Waals surface area contributed by atoms with Crippen molar-refractivity contribution in [2.75, 3.05) is 23.8 Å². The van der Waals surface area contributed by atoms with Crippen molar-refractivity contribution >= 4 is 28.4 Å². The summed E-state index contributed by atoms with van der Waals surface area (Å²) < 4.78 is 29.3. The number of hydrogen-bond donors (Lipinski definition) is 3. The summed E-state index contributed by atoms with van der Waals surface area (Å²) in [5.74, 6) is -0.0569. The summed E-state index contributed by atoms with van der Waals surface area (Å²) in [5, 5.41) is 24.0. The van der Waals surface area contributed by atoms with Crippen LogP contribution >= 0.6 is 0 Å². The van der Waals surface area contributed by atoms with Gasteiger partial charge in [0.15, 0.2) is 5.82 Å². The Hall–Kier alpha value is -4.62. The zero-order valence-electron chi connectivity index (χ0n) is 19.3. The van der Waals surface area contributed by atoms with Crippen LogP contribution in [0, 0.1) is 5.82 Å². The fourth-order valence-electron chi connectivity index (χ4n) is 4.32. The maximum absolute atomic E-state index is 15.6. The van der Waals surface area contributed by atoms with Crippen LogP contribution < -0.4 is 16.2 Å². The number of rotatable bonds is 7. The molecular formula is C24H21FN8O4. The van der Waals surface area contributed by atoms with Gasteiger partial charge in [0.05, 0.1) is 42.4 Å². The van der Waals surface area contributed by atoms with E-state index in [9.17, 15) is 9.90 Å². The van der Waals surface area contributed by atoms with Gasteiger partial charge in [0.2, 0.25) is 12.3 Å². The molecule has 12 nitrogen and oxygen atoms in total. The van der Waals surface area contributed by atoms with E-state index in [1.165, 1.54) is 23.3 Å². The number of aromatic nitrogens is 6. The second-order valence-electron chi connectivity index (χ2n) is 8.30. The largest absolute Gasteiger partial charge is 0.423 e. The lowest BCUT2D eigenvalue weighted by Crippen LogP contribution is -2.30. The molecule has 0 aliphatic carbocycles. The van der Waals surface area contributed by atoms with E-state index in [0.29, 0.717) is 24.5 Å². The summed E-state index contributed by atoms with van der Waals surface area (Å²) in [6.45, 7) is 0.579. The molecule has 1 aliphatic heterocycles. The van der Waals surface area contributed by atoms with Crippen LogP contribution in [0.3, 0.4) is 0 Å². The molecule has 0 fully saturated rings. The number of benzene rings is 2. The Balaban J connectivity index is 1.38. The normalized spacial score (nSPS) is 13.9. The maximum Gasteiger partial charge on any atom is 0.276 e. The number of aliphatic hydroxyl groups is 1. The second-order valence-corrected chi connectivity index (χ2v) is 8.30. The van der Waals surface area contributed by atoms with Gasteiger partial charge in [-0.2, -0.15) is 4.98 Å². The van der Waals surface area contributed by atoms with E-state index in [2.05, 4.69) is 30.8 Å². The first-order valence-electron chi connectivity index (χ1n) is 11.5. The van der Waals surface area contributed by atoms with Crippen LogP contribution in [-0.2, 0) is 18.0 Å². The van der Waals surface area contributed by atoms with E-state index in [-0.39, 0.29) is 47.3 Å². The minimum absolute atomic E-state index is 0.0679. The SMILES string of the molecule is O=c1c2ccc(Nc3ncc(-c4nnco4)c(N[C@H](CO)c4ccccc4)n3)c(F)c2n2n1COCC2. The third-order valence-electron chi connectivity index (χ3n) is 6.11. The Bertz CT molecular complexity index is 1620. The van der Waals surface area contributed by atoms with Gasteiger partial charge in [-0.1, -0.05) is 30.3 Å². The Labute approximate surface area is 208 Å². The summed E-state index contributed by atoms with van der Waals surface area (Å²) in [4.78, 5) is 21.5. The highest BCUT2D eigenvalue weighted by Gasteiger charge is 2.23. The van der Waals surface area contributed by atoms with Gasteiger partial charge < -0.3 is 24.9 Å². The Morgan fingerprint density at radius 1 is 1.16 bits per heavy atom. The van der Waals surface area contributed by atoms with Crippen molar-refractivity contribution in [1.82, 2.24) is 29.5 Å². The first kappa shape index (κ1) is 22.8. The Morgan fingerprint density at radius 3 is 2.81 bits per heavy atom. The minimum Gasteiger partial charge on any atom is -0.423 e. The fraction of sp³-hybridized carbons (Fsp3) is 0.208. The molecule has 1 aliphatic rings. The molecule has 37 heavy (non-hydrogen) atoms. The predicted octanol–water partition coefficient (Wildman–Crippen LogP) is 2.66. The molecule has 4 heterocycles. The van der Waals surface area contributed by atoms with Crippen molar-refractivity contribution < 1.29 is 18.7 Å². The summed E-state index contributed by atoms with van der Waals surface area (Å²) in [7, 11) is 0. The number of nitrogens with zero attached hydrogens (tertiary/aromatic N) is 6. The van der Waals surface area contributed by atoms with Crippen LogP contribution in [0.5, 0.6) is 0 Å². The Kier molecular flexibility index (Phi) is 5.82. The Morgan fingerprint density at radius 2 is 2.03 bits per heavy atom. The zero-order valence-corrected chi connectivity index (χ0v) is 19.3. The van der Waals surface area contributed by atoms with Gasteiger partial charge in [0.1, 0.15) is 18.1 Å². The number of fused-ring (bicyclic) bond motifs is 3. The molecule has 0 amide bonds. The molecule has 0 saturated carbocycles. The number of aliphatic hydroxyl groups excluding tert-OH is 1. The molecule has 3 N–H and O–H groups in total. The van der Waals surface area contributed by atoms with Gasteiger partial charge in [-0.05, 0) is 17.7 Å². The first-order valence-corrected chi connectivity index (χ1v) is 11.5. The van der Waals surface area contributed by atoms with Gasteiger partial charge in [-0.25, -0.2) is 14.1 Å². The molecule has 0 spiro atoms. The summed E-state index contributed by atoms with van der Waals surface area (Å²) >= 11 is 0. The molecule has 3 aromatic heterocycles. The molecule has 0 bridgehead atoms. The lowest BCUT2D eigenvalue weighted by Gasteiger charge is -2.19. The molecule has 13 heteroatoms. The number of nitrogens with one attached hydrogen (secondary N) is 2. The van der Waals surface area contributed by atoms with Crippen LogP contribution in [0.1, 0.15) is 11.6 Å². The van der Waals surface area contributed by atoms with Crippen LogP contribution in [0.25, 0.3) is 22.4 Å². The van der Waals surface area contributed by atoms with E-state index in [1.807, 2.05) is 30.3 Å². The highest BCUT2D eigenvalue weighted by atomic mass is 19.1. The van der Waals surface area contributed by atoms with Crippen molar-refractivity contribution in [3.05, 3.63) is 76.8 Å². The first-order chi connectivity index (χ1) is 18.1. The van der Waals surface area contributed by atoms with Gasteiger partial charge in [0.25, 0.3) is 11.4 Å². The number of hydrogen-bond acceptors (Lipinski definition) is 10. The van der Waals surface area contributed by atoms with Crippen molar-refractivity contribution in [2.45, 2.75) is 19.3 Å². The summed E-state index contributed by atoms with van der Waals surface area (Å²) in [6.07, 6.45) is 2.64. The quantitative estimate of drug-likeness (QED) is 0.302. The lowest BCUT2D eigenvalue weighted by molar-refractivity contribution is 0.0154. The molecule has 1 atom stereocenters. The summed E-state index contributed by atoms with van der Waals surface area (Å²) in [6, 6.07) is 11.9. The van der Waals surface area contributed by atoms with Crippen LogP contribution in [0.2, 0.25) is 0 Å². The standard InChI is InChI=1S/C24H21FN8O4/c25-19-17(7-6-15-20(19)32-8-9-36-13-33(32)23(15)35)29-24-26-10-16(22-31-27-12-37-22)21(30-24)28-18(11-34)14-4-2-1-3-5-14/h1-7,10,12,18,34H,8-9,11,13H2,(H2,26,28,29,30)/t18-/m1/s1. The van der Waals surface area contributed by atoms with Crippen molar-refractivity contribution in [2.24, 2.45) is 0 Å².